The number of hydrogen-bond acceptors (Lipinski definition) is 8. The zero-order chi connectivity index (χ0) is 27.3. The number of thiazole rings is 1. The van der Waals surface area contributed by atoms with Crippen LogP contribution >= 0.6 is 11.3 Å². The highest BCUT2D eigenvalue weighted by Gasteiger charge is 2.23. The maximum Gasteiger partial charge on any atom is 0.307 e. The van der Waals surface area contributed by atoms with Crippen LogP contribution in [0.4, 0.5) is 0 Å². The van der Waals surface area contributed by atoms with E-state index in [1.807, 2.05) is 26.0 Å². The fraction of sp³-hybridized carbons (Fsp3) is 0.423. The van der Waals surface area contributed by atoms with Gasteiger partial charge in [0.05, 0.1) is 28.6 Å². The maximum absolute atomic E-state index is 13.1. The van der Waals surface area contributed by atoms with E-state index in [9.17, 15) is 18.0 Å². The molecule has 204 valence electrons. The standard InChI is InChI=1S/C26H31N3O7S2/c1-4-11-28(12-5-2)38(32,33)19-8-6-18(7-9-19)25(31)27-26-29(13-10-24(30)34-3)20-16-21-22(17-23(20)37-26)36-15-14-35-21/h6-9,16-17H,4-5,10-15H2,1-3H3. The maximum atomic E-state index is 13.1. The van der Waals surface area contributed by atoms with Crippen molar-refractivity contribution in [3.05, 3.63) is 46.8 Å². The molecule has 0 unspecified atom stereocenters. The summed E-state index contributed by atoms with van der Waals surface area (Å²) in [5.74, 6) is 0.287. The van der Waals surface area contributed by atoms with E-state index in [0.717, 1.165) is 10.2 Å². The summed E-state index contributed by atoms with van der Waals surface area (Å²) in [7, 11) is -2.33. The number of ether oxygens (including phenoxy) is 3. The van der Waals surface area contributed by atoms with Gasteiger partial charge in [0.1, 0.15) is 13.2 Å². The van der Waals surface area contributed by atoms with Crippen molar-refractivity contribution >= 4 is 43.5 Å². The number of rotatable bonds is 10. The summed E-state index contributed by atoms with van der Waals surface area (Å²) in [5, 5.41) is 0. The third-order valence-electron chi connectivity index (χ3n) is 6.00. The van der Waals surface area contributed by atoms with Gasteiger partial charge in [0.15, 0.2) is 16.3 Å². The highest BCUT2D eigenvalue weighted by molar-refractivity contribution is 7.89. The Labute approximate surface area is 225 Å². The van der Waals surface area contributed by atoms with Crippen molar-refractivity contribution in [3.8, 4) is 11.5 Å². The average molecular weight is 562 g/mol. The fourth-order valence-corrected chi connectivity index (χ4v) is 6.82. The Morgan fingerprint density at radius 1 is 1.05 bits per heavy atom. The smallest absolute Gasteiger partial charge is 0.307 e. The quantitative estimate of drug-likeness (QED) is 0.347. The number of methoxy groups -OCH3 is 1. The highest BCUT2D eigenvalue weighted by Crippen LogP contribution is 2.35. The predicted octanol–water partition coefficient (Wildman–Crippen LogP) is 3.59. The molecule has 0 spiro atoms. The summed E-state index contributed by atoms with van der Waals surface area (Å²) in [4.78, 5) is 29.8. The number of aryl methyl sites for hydroxylation is 1. The molecule has 0 saturated heterocycles. The van der Waals surface area contributed by atoms with Crippen molar-refractivity contribution in [1.82, 2.24) is 8.87 Å². The number of sulfonamides is 1. The van der Waals surface area contributed by atoms with Gasteiger partial charge >= 0.3 is 5.97 Å². The number of hydrogen-bond donors (Lipinski definition) is 0. The summed E-state index contributed by atoms with van der Waals surface area (Å²) in [6, 6.07) is 9.48. The van der Waals surface area contributed by atoms with E-state index in [-0.39, 0.29) is 29.4 Å². The van der Waals surface area contributed by atoms with Gasteiger partial charge in [0.2, 0.25) is 10.0 Å². The van der Waals surface area contributed by atoms with Crippen LogP contribution in [-0.4, -0.2) is 62.6 Å². The first-order valence-corrected chi connectivity index (χ1v) is 14.7. The van der Waals surface area contributed by atoms with Gasteiger partial charge < -0.3 is 18.8 Å². The number of esters is 1. The molecule has 0 bridgehead atoms. The molecule has 4 rings (SSSR count). The molecule has 0 N–H and O–H groups in total. The number of carbonyl (C=O) groups excluding carboxylic acids is 2. The van der Waals surface area contributed by atoms with Gasteiger partial charge in [-0.1, -0.05) is 25.2 Å². The Hall–Kier alpha value is -3.22. The second-order valence-corrected chi connectivity index (χ2v) is 11.6. The van der Waals surface area contributed by atoms with Crippen molar-refractivity contribution in [3.63, 3.8) is 0 Å². The molecule has 1 aromatic heterocycles. The van der Waals surface area contributed by atoms with Crippen LogP contribution in [0.2, 0.25) is 0 Å². The Bertz CT molecular complexity index is 1490. The second kappa shape index (κ2) is 12.1. The fourth-order valence-electron chi connectivity index (χ4n) is 4.13. The van der Waals surface area contributed by atoms with E-state index < -0.39 is 15.9 Å². The van der Waals surface area contributed by atoms with E-state index in [4.69, 9.17) is 14.2 Å². The van der Waals surface area contributed by atoms with Gasteiger partial charge in [-0.05, 0) is 37.1 Å². The Morgan fingerprint density at radius 3 is 2.29 bits per heavy atom. The van der Waals surface area contributed by atoms with E-state index in [1.54, 1.807) is 4.57 Å². The monoisotopic (exact) mass is 561 g/mol. The van der Waals surface area contributed by atoms with Crippen LogP contribution in [-0.2, 0) is 26.1 Å². The Morgan fingerprint density at radius 2 is 1.68 bits per heavy atom. The lowest BCUT2D eigenvalue weighted by molar-refractivity contribution is -0.140. The van der Waals surface area contributed by atoms with Crippen LogP contribution in [0.15, 0.2) is 46.3 Å². The average Bonchev–Trinajstić information content (AvgIpc) is 3.25. The van der Waals surface area contributed by atoms with Crippen LogP contribution in [0.1, 0.15) is 43.5 Å². The van der Waals surface area contributed by atoms with Crippen molar-refractivity contribution < 1.29 is 32.2 Å². The summed E-state index contributed by atoms with van der Waals surface area (Å²) in [6.45, 7) is 5.86. The SMILES string of the molecule is CCCN(CCC)S(=O)(=O)c1ccc(C(=O)N=c2sc3cc4c(cc3n2CCC(=O)OC)OCCO4)cc1. The van der Waals surface area contributed by atoms with Crippen LogP contribution in [0.5, 0.6) is 11.5 Å². The summed E-state index contributed by atoms with van der Waals surface area (Å²) in [6.07, 6.45) is 1.51. The van der Waals surface area contributed by atoms with Gasteiger partial charge in [0.25, 0.3) is 5.91 Å². The highest BCUT2D eigenvalue weighted by atomic mass is 32.2. The molecule has 2 heterocycles. The molecule has 38 heavy (non-hydrogen) atoms. The molecular weight excluding hydrogens is 530 g/mol. The summed E-state index contributed by atoms with van der Waals surface area (Å²) >= 11 is 1.29. The molecule has 0 radical (unpaired) electrons. The third kappa shape index (κ3) is 5.92. The van der Waals surface area contributed by atoms with Gasteiger partial charge in [-0.15, -0.1) is 0 Å². The first-order chi connectivity index (χ1) is 18.3. The Balaban J connectivity index is 1.69. The molecule has 1 aliphatic heterocycles. The largest absolute Gasteiger partial charge is 0.486 e. The van der Waals surface area contributed by atoms with E-state index >= 15 is 0 Å². The van der Waals surface area contributed by atoms with Crippen LogP contribution in [0.25, 0.3) is 10.2 Å². The summed E-state index contributed by atoms with van der Waals surface area (Å²) in [5.41, 5.74) is 1.01. The van der Waals surface area contributed by atoms with Gasteiger partial charge in [-0.2, -0.15) is 9.30 Å². The minimum Gasteiger partial charge on any atom is -0.486 e. The molecule has 2 aromatic carbocycles. The number of aromatic nitrogens is 1. The lowest BCUT2D eigenvalue weighted by Gasteiger charge is -2.21. The number of amides is 1. The number of fused-ring (bicyclic) bond motifs is 2. The van der Waals surface area contributed by atoms with Gasteiger partial charge in [-0.3, -0.25) is 9.59 Å². The van der Waals surface area contributed by atoms with E-state index in [1.165, 1.54) is 47.0 Å². The number of carbonyl (C=O) groups is 2. The first kappa shape index (κ1) is 27.8. The second-order valence-electron chi connectivity index (χ2n) is 8.67. The van der Waals surface area contributed by atoms with Crippen molar-refractivity contribution in [2.45, 2.75) is 44.6 Å². The van der Waals surface area contributed by atoms with Crippen molar-refractivity contribution in [1.29, 1.82) is 0 Å². The molecule has 0 atom stereocenters. The lowest BCUT2D eigenvalue weighted by Crippen LogP contribution is -2.32. The van der Waals surface area contributed by atoms with Crippen LogP contribution in [0.3, 0.4) is 0 Å². The van der Waals surface area contributed by atoms with Crippen molar-refractivity contribution in [2.75, 3.05) is 33.4 Å². The van der Waals surface area contributed by atoms with Gasteiger partial charge in [0, 0.05) is 37.3 Å². The predicted molar refractivity (Wildman–Crippen MR) is 143 cm³/mol. The van der Waals surface area contributed by atoms with E-state index in [0.29, 0.717) is 55.4 Å². The van der Waals surface area contributed by atoms with Crippen LogP contribution in [0, 0.1) is 0 Å². The lowest BCUT2D eigenvalue weighted by atomic mass is 10.2. The molecule has 1 amide bonds. The van der Waals surface area contributed by atoms with E-state index in [2.05, 4.69) is 4.99 Å². The molecule has 3 aromatic rings. The molecule has 12 heteroatoms. The first-order valence-electron chi connectivity index (χ1n) is 12.5. The molecule has 0 saturated carbocycles. The zero-order valence-corrected chi connectivity index (χ0v) is 23.3. The molecule has 1 aliphatic rings. The summed E-state index contributed by atoms with van der Waals surface area (Å²) < 4.78 is 46.3. The van der Waals surface area contributed by atoms with Crippen LogP contribution < -0.4 is 14.3 Å². The minimum atomic E-state index is -3.66. The normalized spacial score (nSPS) is 13.7. The minimum absolute atomic E-state index is 0.0940. The number of nitrogens with zero attached hydrogens (tertiary/aromatic N) is 3. The third-order valence-corrected chi connectivity index (χ3v) is 8.95. The molecule has 0 fully saturated rings. The molecule has 10 nitrogen and oxygen atoms in total. The van der Waals surface area contributed by atoms with Gasteiger partial charge in [-0.25, -0.2) is 8.42 Å². The number of benzene rings is 2. The Kier molecular flexibility index (Phi) is 8.85. The molecule has 0 aliphatic carbocycles. The zero-order valence-electron chi connectivity index (χ0n) is 21.6. The van der Waals surface area contributed by atoms with Crippen molar-refractivity contribution in [2.24, 2.45) is 4.99 Å². The molecular formula is C26H31N3O7S2. The topological polar surface area (TPSA) is 117 Å².